The first-order chi connectivity index (χ1) is 36.5. The standard InChI is InChI=1S/C42H68O35/c1-62-31-23(51)30(58)41(77-33(31)34(59)60)76-32-16(44)9(43)2-64-42(32)75-15-8-69-40(29(57)22(15)50)74-14-7-68-39(28(56)21(14)49)73-13-6-67-38(27(55)20(13)48)72-12-5-66-37(26(54)19(12)47)71-11-4-65-36(25(53)18(11)46)70-10-3-63-35(61)24(52)17(10)45/h9-33,35-58,61H,2-8H2,1H3,(H,59,60)/t9-,10-,11-,12-,13-,14-,15-,16+,17+,18+,19+,20+,21+,22+,23-,24-,25-,26-,27-,28-,29-,30-,31+,32-,33+,35?,36+,37+,38+,39+,40+,41+,42+/m1/s1. The van der Waals surface area contributed by atoms with Gasteiger partial charge in [-0.05, 0) is 0 Å². The third kappa shape index (κ3) is 13.2. The Morgan fingerprint density at radius 3 is 0.961 bits per heavy atom. The van der Waals surface area contributed by atoms with Crippen LogP contribution in [0.3, 0.4) is 0 Å². The monoisotopic (exact) mass is 1130 g/mol. The number of aliphatic hydroxyl groups is 17. The molecule has 8 rings (SSSR count). The van der Waals surface area contributed by atoms with Gasteiger partial charge in [-0.3, -0.25) is 0 Å². The van der Waals surface area contributed by atoms with Gasteiger partial charge in [0, 0.05) is 7.11 Å². The summed E-state index contributed by atoms with van der Waals surface area (Å²) in [5.74, 6) is -1.60. The highest BCUT2D eigenvalue weighted by molar-refractivity contribution is 5.73. The highest BCUT2D eigenvalue weighted by atomic mass is 16.8. The second kappa shape index (κ2) is 26.2. The maximum atomic E-state index is 11.8. The Morgan fingerprint density at radius 2 is 0.623 bits per heavy atom. The Hall–Kier alpha value is -1.85. The van der Waals surface area contributed by atoms with Crippen molar-refractivity contribution in [1.82, 2.24) is 0 Å². The van der Waals surface area contributed by atoms with Crippen molar-refractivity contribution in [3.8, 4) is 0 Å². The third-order valence-electron chi connectivity index (χ3n) is 14.3. The molecule has 77 heavy (non-hydrogen) atoms. The first-order valence-corrected chi connectivity index (χ1v) is 24.4. The Labute approximate surface area is 434 Å². The molecule has 35 heteroatoms. The molecule has 0 aliphatic carbocycles. The largest absolute Gasteiger partial charge is 0.479 e. The van der Waals surface area contributed by atoms with Crippen LogP contribution in [-0.4, -0.2) is 354 Å². The molecule has 0 spiro atoms. The number of hydrogen-bond donors (Lipinski definition) is 18. The summed E-state index contributed by atoms with van der Waals surface area (Å²) >= 11 is 0. The quantitative estimate of drug-likeness (QED) is 0.0682. The fraction of sp³-hybridized carbons (Fsp3) is 0.976. The molecular formula is C42H68O35. The molecule has 8 aliphatic heterocycles. The van der Waals surface area contributed by atoms with Crippen molar-refractivity contribution in [3.63, 3.8) is 0 Å². The highest BCUT2D eigenvalue weighted by Gasteiger charge is 2.55. The molecule has 446 valence electrons. The van der Waals surface area contributed by atoms with E-state index in [0.29, 0.717) is 0 Å². The molecule has 0 radical (unpaired) electrons. The Kier molecular flexibility index (Phi) is 20.8. The van der Waals surface area contributed by atoms with Gasteiger partial charge < -0.3 is 168 Å². The molecule has 1 unspecified atom stereocenters. The fourth-order valence-corrected chi connectivity index (χ4v) is 9.56. The predicted octanol–water partition coefficient (Wildman–Crippen LogP) is -13.2. The molecule has 0 saturated carbocycles. The summed E-state index contributed by atoms with van der Waals surface area (Å²) in [5, 5.41) is 191. The molecule has 33 atom stereocenters. The molecule has 0 aromatic heterocycles. The van der Waals surface area contributed by atoms with Crippen LogP contribution in [0.2, 0.25) is 0 Å². The second-order valence-corrected chi connectivity index (χ2v) is 19.5. The number of aliphatic carboxylic acids is 1. The SMILES string of the molecule is CO[C@H]1[C@H](O)[C@@H](O)[C@@H](O[C@H]2[C@H](O[C@@H]3CO[C@@H](O[C@@H]4CO[C@@H](O[C@@H]5CO[C@@H](O[C@@H]6CO[C@@H](O[C@@H]7CO[C@@H](O[C@@H]8COC(O)[C@H](O)[C@H]8O)[C@H](O)[C@H]7O)[C@H](O)[C@H]6O)[C@H](O)[C@H]5O)[C@H](O)[C@H]4O)[C@H](O)[C@H]3O)OC[C@@H](O)[C@@H]2O)O[C@@H]1C(=O)O. The van der Waals surface area contributed by atoms with E-state index in [2.05, 4.69) is 0 Å². The second-order valence-electron chi connectivity index (χ2n) is 19.5. The summed E-state index contributed by atoms with van der Waals surface area (Å²) in [4.78, 5) is 11.8. The lowest BCUT2D eigenvalue weighted by atomic mass is 9.98. The first kappa shape index (κ1) is 61.2. The molecule has 8 fully saturated rings. The van der Waals surface area contributed by atoms with E-state index in [-0.39, 0.29) is 0 Å². The van der Waals surface area contributed by atoms with Crippen LogP contribution < -0.4 is 0 Å². The maximum absolute atomic E-state index is 11.8. The Bertz CT molecular complexity index is 1860. The van der Waals surface area contributed by atoms with Crippen molar-refractivity contribution in [2.75, 3.05) is 53.4 Å². The molecular weight excluding hydrogens is 1060 g/mol. The van der Waals surface area contributed by atoms with Crippen molar-refractivity contribution >= 4 is 5.97 Å². The van der Waals surface area contributed by atoms with Crippen molar-refractivity contribution in [2.24, 2.45) is 0 Å². The number of carboxylic acids is 1. The van der Waals surface area contributed by atoms with Gasteiger partial charge in [-0.25, -0.2) is 4.79 Å². The van der Waals surface area contributed by atoms with E-state index in [1.807, 2.05) is 0 Å². The number of carboxylic acid groups (broad SMARTS) is 1. The molecule has 8 saturated heterocycles. The molecule has 35 nitrogen and oxygen atoms in total. The van der Waals surface area contributed by atoms with Crippen molar-refractivity contribution < 1.29 is 173 Å². The van der Waals surface area contributed by atoms with Crippen molar-refractivity contribution in [1.29, 1.82) is 0 Å². The highest BCUT2D eigenvalue weighted by Crippen LogP contribution is 2.34. The van der Waals surface area contributed by atoms with Crippen molar-refractivity contribution in [3.05, 3.63) is 0 Å². The summed E-state index contributed by atoms with van der Waals surface area (Å²) in [6, 6.07) is 0. The van der Waals surface area contributed by atoms with E-state index < -0.39 is 255 Å². The van der Waals surface area contributed by atoms with Crippen LogP contribution >= 0.6 is 0 Å². The Balaban J connectivity index is 0.765. The van der Waals surface area contributed by atoms with Gasteiger partial charge in [0.05, 0.1) is 46.2 Å². The average Bonchev–Trinajstić information content (AvgIpc) is 3.41. The van der Waals surface area contributed by atoms with Gasteiger partial charge in [-0.2, -0.15) is 0 Å². The average molecular weight is 1130 g/mol. The Morgan fingerprint density at radius 1 is 0.325 bits per heavy atom. The van der Waals surface area contributed by atoms with Gasteiger partial charge in [0.15, 0.2) is 56.4 Å². The lowest BCUT2D eigenvalue weighted by Crippen LogP contribution is -2.65. The summed E-state index contributed by atoms with van der Waals surface area (Å²) in [6.45, 7) is -3.64. The molecule has 0 amide bonds. The van der Waals surface area contributed by atoms with E-state index in [4.69, 9.17) is 75.8 Å². The molecule has 0 aromatic carbocycles. The molecule has 8 aliphatic rings. The normalized spacial score (nSPS) is 53.2. The van der Waals surface area contributed by atoms with Gasteiger partial charge in [0.1, 0.15) is 146 Å². The van der Waals surface area contributed by atoms with Gasteiger partial charge in [-0.1, -0.05) is 0 Å². The summed E-state index contributed by atoms with van der Waals surface area (Å²) in [5.41, 5.74) is 0. The van der Waals surface area contributed by atoms with E-state index in [1.165, 1.54) is 0 Å². The van der Waals surface area contributed by atoms with Crippen LogP contribution in [0.25, 0.3) is 0 Å². The molecule has 8 heterocycles. The summed E-state index contributed by atoms with van der Waals surface area (Å²) < 4.78 is 87.5. The van der Waals surface area contributed by atoms with E-state index in [1.54, 1.807) is 0 Å². The van der Waals surface area contributed by atoms with Crippen LogP contribution in [0, 0.1) is 0 Å². The minimum absolute atomic E-state index is 0.393. The number of aliphatic hydroxyl groups excluding tert-OH is 17. The maximum Gasteiger partial charge on any atom is 0.335 e. The number of methoxy groups -OCH3 is 1. The zero-order valence-electron chi connectivity index (χ0n) is 40.5. The third-order valence-corrected chi connectivity index (χ3v) is 14.3. The van der Waals surface area contributed by atoms with Gasteiger partial charge in [0.2, 0.25) is 0 Å². The summed E-state index contributed by atoms with van der Waals surface area (Å²) in [6.07, 6.45) is -56.5. The first-order valence-electron chi connectivity index (χ1n) is 24.4. The van der Waals surface area contributed by atoms with Crippen LogP contribution in [0.4, 0.5) is 0 Å². The lowest BCUT2D eigenvalue weighted by Gasteiger charge is -2.46. The molecule has 0 aromatic rings. The minimum Gasteiger partial charge on any atom is -0.479 e. The zero-order chi connectivity index (χ0) is 55.9. The summed E-state index contributed by atoms with van der Waals surface area (Å²) in [7, 11) is 1.07. The van der Waals surface area contributed by atoms with Crippen LogP contribution in [0.5, 0.6) is 0 Å². The number of carbonyl (C=O) groups is 1. The fourth-order valence-electron chi connectivity index (χ4n) is 9.56. The van der Waals surface area contributed by atoms with Gasteiger partial charge in [-0.15, -0.1) is 0 Å². The van der Waals surface area contributed by atoms with E-state index >= 15 is 0 Å². The van der Waals surface area contributed by atoms with Crippen molar-refractivity contribution in [2.45, 2.75) is 203 Å². The number of hydrogen-bond acceptors (Lipinski definition) is 34. The van der Waals surface area contributed by atoms with Crippen LogP contribution in [0.15, 0.2) is 0 Å². The minimum atomic E-state index is -1.95. The number of rotatable bonds is 16. The zero-order valence-corrected chi connectivity index (χ0v) is 40.5. The van der Waals surface area contributed by atoms with Gasteiger partial charge in [0.25, 0.3) is 0 Å². The smallest absolute Gasteiger partial charge is 0.335 e. The van der Waals surface area contributed by atoms with Crippen LogP contribution in [-0.2, 0) is 80.6 Å². The van der Waals surface area contributed by atoms with Gasteiger partial charge >= 0.3 is 5.97 Å². The topological polar surface area (TPSA) is 529 Å². The lowest BCUT2D eigenvalue weighted by molar-refractivity contribution is -0.375. The molecule has 0 bridgehead atoms. The van der Waals surface area contributed by atoms with E-state index in [9.17, 15) is 96.7 Å². The number of ether oxygens (including phenoxy) is 16. The molecule has 18 N–H and O–H groups in total. The van der Waals surface area contributed by atoms with Crippen LogP contribution in [0.1, 0.15) is 0 Å². The van der Waals surface area contributed by atoms with E-state index in [0.717, 1.165) is 7.11 Å². The predicted molar refractivity (Wildman–Crippen MR) is 228 cm³/mol.